The molecule has 0 atom stereocenters. The monoisotopic (exact) mass is 415 g/mol. The van der Waals surface area contributed by atoms with Crippen LogP contribution in [-0.2, 0) is 16.1 Å². The highest BCUT2D eigenvalue weighted by molar-refractivity contribution is 6.15. The van der Waals surface area contributed by atoms with Crippen LogP contribution in [0, 0.1) is 29.1 Å². The summed E-state index contributed by atoms with van der Waals surface area (Å²) in [6.07, 6.45) is 0.679. The normalized spacial score (nSPS) is 12.2. The summed E-state index contributed by atoms with van der Waals surface area (Å²) in [5.74, 6) is -11.2. The average Bonchev–Trinajstić information content (AvgIpc) is 2.70. The number of aliphatic imine (C=N–C) groups is 1. The van der Waals surface area contributed by atoms with Crippen LogP contribution in [0.5, 0.6) is 0 Å². The summed E-state index contributed by atoms with van der Waals surface area (Å²) in [5, 5.41) is 19.5. The molecule has 5 nitrogen and oxygen atoms in total. The molecule has 2 rings (SSSR count). The fraction of sp³-hybridized carbons (Fsp3) is 0.158. The number of carbonyl (C=O) groups excluding carboxylic acids is 1. The standard InChI is InChI=1S/C19H14F5NO4/c1-2-29-19(28)12(7-25-14-4-3-10(20)5-9(14)8-26)18(27)11-6-13(21)16(23)17(24)15(11)22/h3-7,26-27H,2,8H2,1H3. The summed E-state index contributed by atoms with van der Waals surface area (Å²) in [4.78, 5) is 15.9. The lowest BCUT2D eigenvalue weighted by molar-refractivity contribution is -0.137. The summed E-state index contributed by atoms with van der Waals surface area (Å²) in [5.41, 5.74) is -1.95. The van der Waals surface area contributed by atoms with Gasteiger partial charge in [-0.2, -0.15) is 0 Å². The molecule has 0 heterocycles. The van der Waals surface area contributed by atoms with E-state index >= 15 is 0 Å². The van der Waals surface area contributed by atoms with Gasteiger partial charge in [-0.25, -0.2) is 26.7 Å². The van der Waals surface area contributed by atoms with Gasteiger partial charge in [0.05, 0.1) is 24.5 Å². The maximum Gasteiger partial charge on any atom is 0.343 e. The molecule has 0 amide bonds. The third-order valence-corrected chi connectivity index (χ3v) is 3.65. The molecule has 0 aliphatic carbocycles. The Morgan fingerprint density at radius 3 is 2.41 bits per heavy atom. The smallest absolute Gasteiger partial charge is 0.343 e. The van der Waals surface area contributed by atoms with Crippen LogP contribution in [0.2, 0.25) is 0 Å². The number of nitrogens with zero attached hydrogens (tertiary/aromatic N) is 1. The van der Waals surface area contributed by atoms with Gasteiger partial charge in [-0.05, 0) is 31.2 Å². The molecule has 0 unspecified atom stereocenters. The van der Waals surface area contributed by atoms with Gasteiger partial charge in [-0.15, -0.1) is 0 Å². The summed E-state index contributed by atoms with van der Waals surface area (Å²) < 4.78 is 72.0. The number of ether oxygens (including phenoxy) is 1. The van der Waals surface area contributed by atoms with Gasteiger partial charge in [0.15, 0.2) is 23.3 Å². The summed E-state index contributed by atoms with van der Waals surface area (Å²) in [7, 11) is 0. The van der Waals surface area contributed by atoms with Crippen molar-refractivity contribution in [2.75, 3.05) is 6.61 Å². The Hall–Kier alpha value is -3.27. The van der Waals surface area contributed by atoms with E-state index in [-0.39, 0.29) is 23.9 Å². The minimum atomic E-state index is -2.19. The first-order valence-electron chi connectivity index (χ1n) is 8.08. The molecular weight excluding hydrogens is 401 g/mol. The van der Waals surface area contributed by atoms with Crippen molar-refractivity contribution < 1.29 is 41.7 Å². The summed E-state index contributed by atoms with van der Waals surface area (Å²) >= 11 is 0. The van der Waals surface area contributed by atoms with Gasteiger partial charge in [0.2, 0.25) is 0 Å². The lowest BCUT2D eigenvalue weighted by atomic mass is 10.1. The molecule has 0 saturated carbocycles. The molecule has 0 aliphatic heterocycles. The van der Waals surface area contributed by atoms with Crippen LogP contribution in [0.15, 0.2) is 34.8 Å². The Balaban J connectivity index is 2.64. The van der Waals surface area contributed by atoms with Crippen LogP contribution < -0.4 is 0 Å². The van der Waals surface area contributed by atoms with E-state index in [2.05, 4.69) is 4.99 Å². The summed E-state index contributed by atoms with van der Waals surface area (Å²) in [6.45, 7) is 0.639. The highest BCUT2D eigenvalue weighted by Gasteiger charge is 2.25. The quantitative estimate of drug-likeness (QED) is 0.142. The van der Waals surface area contributed by atoms with E-state index in [0.29, 0.717) is 6.21 Å². The maximum atomic E-state index is 14.0. The van der Waals surface area contributed by atoms with Crippen molar-refractivity contribution in [3.05, 3.63) is 70.1 Å². The lowest BCUT2D eigenvalue weighted by Gasteiger charge is -2.09. The number of benzene rings is 2. The van der Waals surface area contributed by atoms with Crippen molar-refractivity contribution in [2.24, 2.45) is 4.99 Å². The largest absolute Gasteiger partial charge is 0.506 e. The Labute approximate surface area is 161 Å². The minimum Gasteiger partial charge on any atom is -0.506 e. The Morgan fingerprint density at radius 1 is 1.10 bits per heavy atom. The van der Waals surface area contributed by atoms with Gasteiger partial charge in [0.25, 0.3) is 0 Å². The molecule has 0 saturated heterocycles. The SMILES string of the molecule is CCOC(=O)C(C=Nc1ccc(F)cc1CO)=C(O)c1cc(F)c(F)c(F)c1F. The second kappa shape index (κ2) is 9.28. The number of halogens is 5. The molecule has 0 aromatic heterocycles. The lowest BCUT2D eigenvalue weighted by Crippen LogP contribution is -2.12. The van der Waals surface area contributed by atoms with Crippen molar-refractivity contribution >= 4 is 23.6 Å². The van der Waals surface area contributed by atoms with Gasteiger partial charge in [-0.3, -0.25) is 4.99 Å². The summed E-state index contributed by atoms with van der Waals surface area (Å²) in [6, 6.07) is 3.27. The molecule has 2 aromatic carbocycles. The molecule has 2 N–H and O–H groups in total. The second-order valence-electron chi connectivity index (χ2n) is 5.52. The molecule has 29 heavy (non-hydrogen) atoms. The fourth-order valence-corrected chi connectivity index (χ4v) is 2.25. The number of hydrogen-bond donors (Lipinski definition) is 2. The van der Waals surface area contributed by atoms with E-state index in [4.69, 9.17) is 4.74 Å². The minimum absolute atomic E-state index is 0.0135. The number of carbonyl (C=O) groups is 1. The predicted molar refractivity (Wildman–Crippen MR) is 92.9 cm³/mol. The van der Waals surface area contributed by atoms with E-state index in [0.717, 1.165) is 18.2 Å². The number of esters is 1. The van der Waals surface area contributed by atoms with Crippen molar-refractivity contribution in [2.45, 2.75) is 13.5 Å². The number of rotatable bonds is 6. The third-order valence-electron chi connectivity index (χ3n) is 3.65. The van der Waals surface area contributed by atoms with Crippen LogP contribution in [0.4, 0.5) is 27.6 Å². The molecule has 0 radical (unpaired) electrons. The molecule has 154 valence electrons. The Morgan fingerprint density at radius 2 is 1.79 bits per heavy atom. The Bertz CT molecular complexity index is 1000. The van der Waals surface area contributed by atoms with Crippen LogP contribution >= 0.6 is 0 Å². The van der Waals surface area contributed by atoms with Crippen molar-refractivity contribution in [3.8, 4) is 0 Å². The molecule has 0 spiro atoms. The molecule has 0 fully saturated rings. The first-order chi connectivity index (χ1) is 13.7. The number of aliphatic hydroxyl groups is 2. The zero-order chi connectivity index (χ0) is 21.7. The molecule has 0 bridgehead atoms. The van der Waals surface area contributed by atoms with E-state index in [1.807, 2.05) is 0 Å². The van der Waals surface area contributed by atoms with E-state index in [9.17, 15) is 37.0 Å². The number of aliphatic hydroxyl groups excluding tert-OH is 2. The molecule has 10 heteroatoms. The van der Waals surface area contributed by atoms with Crippen LogP contribution in [0.1, 0.15) is 18.1 Å². The van der Waals surface area contributed by atoms with Crippen molar-refractivity contribution in [3.63, 3.8) is 0 Å². The molecule has 2 aromatic rings. The van der Waals surface area contributed by atoms with E-state index in [1.54, 1.807) is 0 Å². The van der Waals surface area contributed by atoms with E-state index in [1.165, 1.54) is 6.92 Å². The topological polar surface area (TPSA) is 79.1 Å². The highest BCUT2D eigenvalue weighted by Crippen LogP contribution is 2.26. The van der Waals surface area contributed by atoms with Gasteiger partial charge < -0.3 is 14.9 Å². The highest BCUT2D eigenvalue weighted by atomic mass is 19.2. The number of hydrogen-bond acceptors (Lipinski definition) is 5. The van der Waals surface area contributed by atoms with Gasteiger partial charge in [0, 0.05) is 11.8 Å². The van der Waals surface area contributed by atoms with Crippen molar-refractivity contribution in [1.29, 1.82) is 0 Å². The molecular formula is C19H14F5NO4. The van der Waals surface area contributed by atoms with Gasteiger partial charge >= 0.3 is 5.97 Å². The van der Waals surface area contributed by atoms with Crippen molar-refractivity contribution in [1.82, 2.24) is 0 Å². The Kier molecular flexibility index (Phi) is 7.05. The maximum absolute atomic E-state index is 14.0. The predicted octanol–water partition coefficient (Wildman–Crippen LogP) is 4.11. The van der Waals surface area contributed by atoms with Crippen LogP contribution in [-0.4, -0.2) is 29.0 Å². The fourth-order valence-electron chi connectivity index (χ4n) is 2.25. The zero-order valence-electron chi connectivity index (χ0n) is 14.8. The average molecular weight is 415 g/mol. The van der Waals surface area contributed by atoms with Gasteiger partial charge in [-0.1, -0.05) is 0 Å². The van der Waals surface area contributed by atoms with Crippen LogP contribution in [0.3, 0.4) is 0 Å². The van der Waals surface area contributed by atoms with Gasteiger partial charge in [0.1, 0.15) is 17.1 Å². The second-order valence-corrected chi connectivity index (χ2v) is 5.52. The van der Waals surface area contributed by atoms with E-state index < -0.39 is 58.6 Å². The third kappa shape index (κ3) is 4.77. The van der Waals surface area contributed by atoms with Crippen LogP contribution in [0.25, 0.3) is 5.76 Å². The first kappa shape index (κ1) is 22.0. The first-order valence-corrected chi connectivity index (χ1v) is 8.08. The molecule has 0 aliphatic rings. The zero-order valence-corrected chi connectivity index (χ0v) is 14.8.